The molecule has 0 atom stereocenters. The maximum atomic E-state index is 10.8. The van der Waals surface area contributed by atoms with E-state index in [1.54, 1.807) is 13.2 Å². The number of benzene rings is 1. The van der Waals surface area contributed by atoms with Crippen LogP contribution in [-0.4, -0.2) is 16.6 Å². The average molecular weight is 289 g/mol. The Morgan fingerprint density at radius 2 is 2.19 bits per heavy atom. The minimum atomic E-state index is -0.414. The summed E-state index contributed by atoms with van der Waals surface area (Å²) in [7, 11) is 1.55. The topological polar surface area (TPSA) is 69.3 Å². The molecule has 0 bridgehead atoms. The number of non-ortho nitro benzene ring substituents is 1. The highest BCUT2D eigenvalue weighted by atomic mass is 16.6. The molecule has 0 saturated carbocycles. The summed E-state index contributed by atoms with van der Waals surface area (Å²) >= 11 is 0. The van der Waals surface area contributed by atoms with Gasteiger partial charge in [0.25, 0.3) is 5.69 Å². The van der Waals surface area contributed by atoms with E-state index in [0.29, 0.717) is 18.0 Å². The minimum absolute atomic E-state index is 0.0434. The van der Waals surface area contributed by atoms with Gasteiger partial charge >= 0.3 is 0 Å². The Hall–Kier alpha value is -2.50. The molecule has 6 heteroatoms. The molecule has 112 valence electrons. The summed E-state index contributed by atoms with van der Waals surface area (Å²) in [4.78, 5) is 10.4. The lowest BCUT2D eigenvalue weighted by atomic mass is 10.2. The summed E-state index contributed by atoms with van der Waals surface area (Å²) in [6.45, 7) is 3.71. The number of hydrogen-bond donors (Lipinski definition) is 1. The predicted octanol–water partition coefficient (Wildman–Crippen LogP) is 3.43. The van der Waals surface area contributed by atoms with Gasteiger partial charge in [0.05, 0.1) is 17.7 Å². The van der Waals surface area contributed by atoms with Crippen LogP contribution in [0.3, 0.4) is 0 Å². The van der Waals surface area contributed by atoms with Crippen LogP contribution in [-0.2, 0) is 13.1 Å². The number of anilines is 1. The van der Waals surface area contributed by atoms with Crippen molar-refractivity contribution in [1.82, 2.24) is 4.57 Å². The molecule has 1 heterocycles. The summed E-state index contributed by atoms with van der Waals surface area (Å²) in [5.41, 5.74) is 1.79. The third-order valence-corrected chi connectivity index (χ3v) is 3.17. The molecule has 0 unspecified atom stereocenters. The largest absolute Gasteiger partial charge is 0.495 e. The second kappa shape index (κ2) is 6.78. The summed E-state index contributed by atoms with van der Waals surface area (Å²) < 4.78 is 7.35. The number of ether oxygens (including phenoxy) is 1. The van der Waals surface area contributed by atoms with Gasteiger partial charge in [0, 0.05) is 37.6 Å². The van der Waals surface area contributed by atoms with E-state index < -0.39 is 4.92 Å². The number of hydrogen-bond acceptors (Lipinski definition) is 4. The summed E-state index contributed by atoms with van der Waals surface area (Å²) in [5.74, 6) is 0.591. The van der Waals surface area contributed by atoms with Crippen LogP contribution in [0.1, 0.15) is 18.9 Å². The van der Waals surface area contributed by atoms with Crippen molar-refractivity contribution in [2.75, 3.05) is 12.4 Å². The van der Waals surface area contributed by atoms with Gasteiger partial charge in [-0.3, -0.25) is 10.1 Å². The molecule has 2 rings (SSSR count). The molecule has 21 heavy (non-hydrogen) atoms. The van der Waals surface area contributed by atoms with E-state index in [0.717, 1.165) is 18.5 Å². The van der Waals surface area contributed by atoms with E-state index >= 15 is 0 Å². The number of nitrogens with zero attached hydrogens (tertiary/aromatic N) is 2. The maximum absolute atomic E-state index is 10.8. The number of aromatic nitrogens is 1. The molecular formula is C15H19N3O3. The van der Waals surface area contributed by atoms with Crippen LogP contribution >= 0.6 is 0 Å². The molecule has 0 saturated heterocycles. The molecule has 0 radical (unpaired) electrons. The lowest BCUT2D eigenvalue weighted by molar-refractivity contribution is -0.384. The molecule has 0 aliphatic rings. The van der Waals surface area contributed by atoms with Crippen molar-refractivity contribution >= 4 is 11.4 Å². The molecule has 2 aromatic rings. The van der Waals surface area contributed by atoms with Crippen LogP contribution in [0.25, 0.3) is 0 Å². The monoisotopic (exact) mass is 289 g/mol. The smallest absolute Gasteiger partial charge is 0.271 e. The minimum Gasteiger partial charge on any atom is -0.495 e. The zero-order valence-corrected chi connectivity index (χ0v) is 12.2. The summed E-state index contributed by atoms with van der Waals surface area (Å²) in [5, 5.41) is 14.0. The van der Waals surface area contributed by atoms with Crippen molar-refractivity contribution in [2.45, 2.75) is 26.4 Å². The van der Waals surface area contributed by atoms with Gasteiger partial charge in [-0.05, 0) is 24.1 Å². The van der Waals surface area contributed by atoms with E-state index in [1.165, 1.54) is 12.1 Å². The highest BCUT2D eigenvalue weighted by molar-refractivity contribution is 5.61. The molecule has 1 aromatic heterocycles. The second-order valence-corrected chi connectivity index (χ2v) is 4.75. The molecule has 0 amide bonds. The fourth-order valence-corrected chi connectivity index (χ4v) is 2.14. The van der Waals surface area contributed by atoms with Gasteiger partial charge in [0.15, 0.2) is 0 Å². The Bertz CT molecular complexity index is 622. The van der Waals surface area contributed by atoms with E-state index in [4.69, 9.17) is 4.74 Å². The van der Waals surface area contributed by atoms with Gasteiger partial charge in [0.1, 0.15) is 5.75 Å². The fourth-order valence-electron chi connectivity index (χ4n) is 2.14. The number of nitro groups is 1. The van der Waals surface area contributed by atoms with Crippen molar-refractivity contribution in [1.29, 1.82) is 0 Å². The molecule has 0 fully saturated rings. The van der Waals surface area contributed by atoms with Crippen molar-refractivity contribution in [2.24, 2.45) is 0 Å². The Labute approximate surface area is 123 Å². The van der Waals surface area contributed by atoms with E-state index in [2.05, 4.69) is 23.0 Å². The normalized spacial score (nSPS) is 10.4. The third-order valence-electron chi connectivity index (χ3n) is 3.17. The first kappa shape index (κ1) is 14.9. The fraction of sp³-hybridized carbons (Fsp3) is 0.333. The van der Waals surface area contributed by atoms with Crippen LogP contribution in [0.15, 0.2) is 36.7 Å². The highest BCUT2D eigenvalue weighted by Crippen LogP contribution is 2.29. The number of rotatable bonds is 7. The molecule has 0 aliphatic heterocycles. The standard InChI is InChI=1S/C15H19N3O3/c1-3-7-17-8-6-12(11-17)10-16-14-9-13(18(19)20)4-5-15(14)21-2/h4-6,8-9,11,16H,3,7,10H2,1-2H3. The number of aryl methyl sites for hydroxylation is 1. The van der Waals surface area contributed by atoms with Crippen LogP contribution < -0.4 is 10.1 Å². The molecule has 6 nitrogen and oxygen atoms in total. The van der Waals surface area contributed by atoms with Gasteiger partial charge in [-0.2, -0.15) is 0 Å². The van der Waals surface area contributed by atoms with Crippen LogP contribution in [0.2, 0.25) is 0 Å². The van der Waals surface area contributed by atoms with Crippen LogP contribution in [0.4, 0.5) is 11.4 Å². The Morgan fingerprint density at radius 1 is 1.38 bits per heavy atom. The number of nitrogens with one attached hydrogen (secondary N) is 1. The zero-order chi connectivity index (χ0) is 15.2. The third kappa shape index (κ3) is 3.75. The van der Waals surface area contributed by atoms with Gasteiger partial charge < -0.3 is 14.6 Å². The molecular weight excluding hydrogens is 270 g/mol. The molecule has 1 N–H and O–H groups in total. The average Bonchev–Trinajstić information content (AvgIpc) is 2.92. The van der Waals surface area contributed by atoms with Crippen LogP contribution in [0.5, 0.6) is 5.75 Å². The van der Waals surface area contributed by atoms with Crippen molar-refractivity contribution in [3.8, 4) is 5.75 Å². The van der Waals surface area contributed by atoms with Crippen molar-refractivity contribution in [3.05, 3.63) is 52.3 Å². The summed E-state index contributed by atoms with van der Waals surface area (Å²) in [6, 6.07) is 6.55. The molecule has 0 aliphatic carbocycles. The lowest BCUT2D eigenvalue weighted by Gasteiger charge is -2.10. The molecule has 0 spiro atoms. The molecule has 1 aromatic carbocycles. The number of nitro benzene ring substituents is 1. The van der Waals surface area contributed by atoms with Crippen LogP contribution in [0, 0.1) is 10.1 Å². The van der Waals surface area contributed by atoms with Gasteiger partial charge in [-0.25, -0.2) is 0 Å². The SMILES string of the molecule is CCCn1ccc(CNc2cc([N+](=O)[O-])ccc2OC)c1. The Morgan fingerprint density at radius 3 is 2.86 bits per heavy atom. The van der Waals surface area contributed by atoms with Crippen molar-refractivity contribution in [3.63, 3.8) is 0 Å². The predicted molar refractivity (Wildman–Crippen MR) is 81.7 cm³/mol. The van der Waals surface area contributed by atoms with E-state index in [-0.39, 0.29) is 5.69 Å². The Balaban J connectivity index is 2.10. The van der Waals surface area contributed by atoms with E-state index in [1.807, 2.05) is 12.3 Å². The van der Waals surface area contributed by atoms with Gasteiger partial charge in [-0.1, -0.05) is 6.92 Å². The first-order chi connectivity index (χ1) is 10.1. The van der Waals surface area contributed by atoms with Gasteiger partial charge in [0.2, 0.25) is 0 Å². The van der Waals surface area contributed by atoms with Crippen molar-refractivity contribution < 1.29 is 9.66 Å². The Kier molecular flexibility index (Phi) is 4.81. The lowest BCUT2D eigenvalue weighted by Crippen LogP contribution is -2.02. The second-order valence-electron chi connectivity index (χ2n) is 4.75. The zero-order valence-electron chi connectivity index (χ0n) is 12.2. The number of methoxy groups -OCH3 is 1. The highest BCUT2D eigenvalue weighted by Gasteiger charge is 2.11. The van der Waals surface area contributed by atoms with E-state index in [9.17, 15) is 10.1 Å². The first-order valence-electron chi connectivity index (χ1n) is 6.85. The quantitative estimate of drug-likeness (QED) is 0.626. The van der Waals surface area contributed by atoms with Gasteiger partial charge in [-0.15, -0.1) is 0 Å². The maximum Gasteiger partial charge on any atom is 0.271 e. The summed E-state index contributed by atoms with van der Waals surface area (Å²) in [6.07, 6.45) is 5.19. The first-order valence-corrected chi connectivity index (χ1v) is 6.85.